The van der Waals surface area contributed by atoms with E-state index in [1.54, 1.807) is 0 Å². The number of hydrogen-bond donors (Lipinski definition) is 3. The average molecular weight is 343 g/mol. The zero-order chi connectivity index (χ0) is 18.1. The molecule has 0 bridgehead atoms. The quantitative estimate of drug-likeness (QED) is 0.447. The highest BCUT2D eigenvalue weighted by atomic mass is 19.1. The van der Waals surface area contributed by atoms with E-state index in [0.29, 0.717) is 25.2 Å². The summed E-state index contributed by atoms with van der Waals surface area (Å²) in [6, 6.07) is 0.154. The van der Waals surface area contributed by atoms with Gasteiger partial charge in [0.05, 0.1) is 12.6 Å². The number of carbonyl (C=O) groups is 1. The molecule has 4 N–H and O–H groups in total. The van der Waals surface area contributed by atoms with Crippen LogP contribution >= 0.6 is 0 Å². The van der Waals surface area contributed by atoms with E-state index in [2.05, 4.69) is 13.0 Å². The van der Waals surface area contributed by atoms with Crippen molar-refractivity contribution in [2.24, 2.45) is 29.4 Å². The summed E-state index contributed by atoms with van der Waals surface area (Å²) in [6.07, 6.45) is 7.66. The lowest BCUT2D eigenvalue weighted by atomic mass is 9.82. The second-order valence-electron chi connectivity index (χ2n) is 7.09. The molecule has 0 saturated heterocycles. The maximum atomic E-state index is 13.0. The molecule has 4 nitrogen and oxygen atoms in total. The fraction of sp³-hybridized carbons (Fsp3) is 0.842. The summed E-state index contributed by atoms with van der Waals surface area (Å²) in [5, 5.41) is 18.9. The van der Waals surface area contributed by atoms with Gasteiger partial charge in [0.15, 0.2) is 0 Å². The number of halogens is 1. The third-order valence-corrected chi connectivity index (χ3v) is 5.43. The predicted octanol–water partition coefficient (Wildman–Crippen LogP) is 3.54. The number of hydrogen-bond acceptors (Lipinski definition) is 3. The lowest BCUT2D eigenvalue weighted by Crippen LogP contribution is -2.26. The SMILES string of the molecule is CCC/C=C1/[C@@H](N)[C@H]1CCCC(CC(CO)[C@H](CC)CF)C(=O)O. The van der Waals surface area contributed by atoms with E-state index in [4.69, 9.17) is 5.73 Å². The van der Waals surface area contributed by atoms with E-state index in [1.807, 2.05) is 6.92 Å². The lowest BCUT2D eigenvalue weighted by molar-refractivity contribution is -0.143. The van der Waals surface area contributed by atoms with Crippen LogP contribution in [-0.2, 0) is 4.79 Å². The minimum atomic E-state index is -0.844. The first-order chi connectivity index (χ1) is 11.5. The first kappa shape index (κ1) is 21.1. The van der Waals surface area contributed by atoms with E-state index in [0.717, 1.165) is 25.7 Å². The molecule has 24 heavy (non-hydrogen) atoms. The number of aliphatic hydroxyl groups excluding tert-OH is 1. The molecule has 0 heterocycles. The van der Waals surface area contributed by atoms with Gasteiger partial charge in [-0.05, 0) is 37.5 Å². The van der Waals surface area contributed by atoms with Gasteiger partial charge in [0.25, 0.3) is 0 Å². The molecule has 1 fully saturated rings. The Kier molecular flexibility index (Phi) is 9.52. The lowest BCUT2D eigenvalue weighted by Gasteiger charge is -2.25. The third kappa shape index (κ3) is 6.17. The fourth-order valence-electron chi connectivity index (χ4n) is 3.58. The van der Waals surface area contributed by atoms with Crippen molar-refractivity contribution in [3.8, 4) is 0 Å². The van der Waals surface area contributed by atoms with Gasteiger partial charge in [-0.2, -0.15) is 0 Å². The number of carboxylic acid groups (broad SMARTS) is 1. The van der Waals surface area contributed by atoms with Crippen LogP contribution in [0.3, 0.4) is 0 Å². The van der Waals surface area contributed by atoms with Gasteiger partial charge < -0.3 is 15.9 Å². The summed E-state index contributed by atoms with van der Waals surface area (Å²) in [4.78, 5) is 11.5. The maximum Gasteiger partial charge on any atom is 0.306 e. The molecule has 2 unspecified atom stereocenters. The van der Waals surface area contributed by atoms with Crippen molar-refractivity contribution in [2.75, 3.05) is 13.3 Å². The minimum absolute atomic E-state index is 0.149. The van der Waals surface area contributed by atoms with Gasteiger partial charge in [0.1, 0.15) is 0 Å². The highest BCUT2D eigenvalue weighted by molar-refractivity contribution is 5.69. The number of allylic oxidation sites excluding steroid dienone is 1. The van der Waals surface area contributed by atoms with Crippen LogP contribution in [0.5, 0.6) is 0 Å². The van der Waals surface area contributed by atoms with Crippen molar-refractivity contribution >= 4 is 5.97 Å². The Bertz CT molecular complexity index is 409. The molecule has 1 rings (SSSR count). The number of aliphatic carboxylic acids is 1. The highest BCUT2D eigenvalue weighted by Gasteiger charge is 2.39. The van der Waals surface area contributed by atoms with Crippen molar-refractivity contribution in [1.29, 1.82) is 0 Å². The first-order valence-corrected chi connectivity index (χ1v) is 9.35. The van der Waals surface area contributed by atoms with Crippen molar-refractivity contribution in [3.05, 3.63) is 11.6 Å². The zero-order valence-corrected chi connectivity index (χ0v) is 15.1. The molecular formula is C19H34FNO3. The van der Waals surface area contributed by atoms with Gasteiger partial charge in [0, 0.05) is 18.6 Å². The van der Waals surface area contributed by atoms with Gasteiger partial charge in [-0.25, -0.2) is 0 Å². The van der Waals surface area contributed by atoms with E-state index in [1.165, 1.54) is 5.57 Å². The average Bonchev–Trinajstić information content (AvgIpc) is 3.19. The molecule has 0 spiro atoms. The number of alkyl halides is 1. The Balaban J connectivity index is 2.45. The van der Waals surface area contributed by atoms with Crippen molar-refractivity contribution in [2.45, 2.75) is 64.8 Å². The molecule has 1 aliphatic rings. The standard InChI is InChI=1S/C19H34FNO3/c1-3-5-8-16-17(18(16)21)9-6-7-14(19(23)24)10-15(12-22)13(4-2)11-20/h8,13-15,17-18,22H,3-7,9-12,21H2,1-2H3,(H,23,24)/b16-8+/t13-,14?,15?,17+,18-/m1/s1. The fourth-order valence-corrected chi connectivity index (χ4v) is 3.58. The minimum Gasteiger partial charge on any atom is -0.481 e. The zero-order valence-electron chi connectivity index (χ0n) is 15.1. The van der Waals surface area contributed by atoms with Crippen LogP contribution in [0.4, 0.5) is 4.39 Å². The normalized spacial score (nSPS) is 25.5. The molecular weight excluding hydrogens is 309 g/mol. The Morgan fingerprint density at radius 3 is 2.58 bits per heavy atom. The highest BCUT2D eigenvalue weighted by Crippen LogP contribution is 2.41. The number of rotatable bonds is 13. The largest absolute Gasteiger partial charge is 0.481 e. The van der Waals surface area contributed by atoms with Crippen LogP contribution in [-0.4, -0.2) is 35.5 Å². The Morgan fingerprint density at radius 1 is 1.38 bits per heavy atom. The molecule has 1 saturated carbocycles. The molecule has 5 atom stereocenters. The monoisotopic (exact) mass is 343 g/mol. The van der Waals surface area contributed by atoms with Gasteiger partial charge in [-0.15, -0.1) is 0 Å². The van der Waals surface area contributed by atoms with Gasteiger partial charge in [-0.3, -0.25) is 9.18 Å². The van der Waals surface area contributed by atoms with Crippen molar-refractivity contribution in [3.63, 3.8) is 0 Å². The smallest absolute Gasteiger partial charge is 0.306 e. The van der Waals surface area contributed by atoms with Crippen LogP contribution in [0, 0.1) is 23.7 Å². The molecule has 0 radical (unpaired) electrons. The second-order valence-corrected chi connectivity index (χ2v) is 7.09. The molecule has 5 heteroatoms. The molecule has 0 amide bonds. The molecule has 1 aliphatic carbocycles. The maximum absolute atomic E-state index is 13.0. The Hall–Kier alpha value is -0.940. The summed E-state index contributed by atoms with van der Waals surface area (Å²) in [7, 11) is 0. The third-order valence-electron chi connectivity index (χ3n) is 5.43. The van der Waals surface area contributed by atoms with E-state index < -0.39 is 18.6 Å². The topological polar surface area (TPSA) is 83.5 Å². The van der Waals surface area contributed by atoms with Gasteiger partial charge >= 0.3 is 5.97 Å². The number of nitrogens with two attached hydrogens (primary N) is 1. The number of aliphatic hydroxyl groups is 1. The van der Waals surface area contributed by atoms with Crippen LogP contribution in [0.1, 0.15) is 58.8 Å². The Morgan fingerprint density at radius 2 is 2.08 bits per heavy atom. The van der Waals surface area contributed by atoms with Crippen LogP contribution < -0.4 is 5.73 Å². The summed E-state index contributed by atoms with van der Waals surface area (Å²) in [5.74, 6) is -1.47. The molecule has 0 aromatic rings. The number of unbranched alkanes of at least 4 members (excludes halogenated alkanes) is 1. The van der Waals surface area contributed by atoms with E-state index in [-0.39, 0.29) is 24.5 Å². The molecule has 0 aliphatic heterocycles. The Labute approximate surface area is 145 Å². The van der Waals surface area contributed by atoms with Crippen molar-refractivity contribution in [1.82, 2.24) is 0 Å². The molecule has 0 aromatic heterocycles. The van der Waals surface area contributed by atoms with Crippen LogP contribution in [0.2, 0.25) is 0 Å². The predicted molar refractivity (Wildman–Crippen MR) is 94.4 cm³/mol. The van der Waals surface area contributed by atoms with Gasteiger partial charge in [0.2, 0.25) is 0 Å². The van der Waals surface area contributed by atoms with Crippen LogP contribution in [0.25, 0.3) is 0 Å². The summed E-state index contributed by atoms with van der Waals surface area (Å²) in [5.41, 5.74) is 7.37. The molecule has 0 aromatic carbocycles. The molecule has 140 valence electrons. The summed E-state index contributed by atoms with van der Waals surface area (Å²) in [6.45, 7) is 3.36. The van der Waals surface area contributed by atoms with E-state index in [9.17, 15) is 19.4 Å². The summed E-state index contributed by atoms with van der Waals surface area (Å²) >= 11 is 0. The first-order valence-electron chi connectivity index (χ1n) is 9.35. The van der Waals surface area contributed by atoms with E-state index >= 15 is 0 Å². The van der Waals surface area contributed by atoms with Gasteiger partial charge in [-0.1, -0.05) is 44.8 Å². The summed E-state index contributed by atoms with van der Waals surface area (Å²) < 4.78 is 13.0. The van der Waals surface area contributed by atoms with Crippen LogP contribution in [0.15, 0.2) is 11.6 Å². The number of carboxylic acids is 1. The van der Waals surface area contributed by atoms with Crippen molar-refractivity contribution < 1.29 is 19.4 Å². The second kappa shape index (κ2) is 10.8.